The van der Waals surface area contributed by atoms with Crippen LogP contribution in [0.4, 0.5) is 0 Å². The van der Waals surface area contributed by atoms with Crippen LogP contribution in [0.25, 0.3) is 0 Å². The fourth-order valence-electron chi connectivity index (χ4n) is 8.72. The molecular formula is C50H85ClO2. The molecule has 2 aliphatic rings. The maximum absolute atomic E-state index is 12.3. The van der Waals surface area contributed by atoms with E-state index in [2.05, 4.69) is 133 Å². The molecule has 0 heterocycles. The summed E-state index contributed by atoms with van der Waals surface area (Å²) in [5.41, 5.74) is 6.82. The summed E-state index contributed by atoms with van der Waals surface area (Å²) in [7, 11) is 0. The van der Waals surface area contributed by atoms with Crippen molar-refractivity contribution in [3.8, 4) is 0 Å². The zero-order valence-electron chi connectivity index (χ0n) is 37.0. The molecule has 8 atom stereocenters. The third-order valence-corrected chi connectivity index (χ3v) is 13.4. The second-order valence-corrected chi connectivity index (χ2v) is 19.1. The van der Waals surface area contributed by atoms with Gasteiger partial charge in [0.15, 0.2) is 0 Å². The predicted octanol–water partition coefficient (Wildman–Crippen LogP) is 15.7. The van der Waals surface area contributed by atoms with Crippen molar-refractivity contribution in [2.75, 3.05) is 0 Å². The second kappa shape index (κ2) is 23.0. The van der Waals surface area contributed by atoms with Crippen molar-refractivity contribution in [1.29, 1.82) is 0 Å². The summed E-state index contributed by atoms with van der Waals surface area (Å²) in [6.07, 6.45) is 28.9. The fourth-order valence-corrected chi connectivity index (χ4v) is 9.11. The lowest BCUT2D eigenvalue weighted by atomic mass is 9.72. The molecule has 0 aliphatic heterocycles. The number of rotatable bonds is 23. The van der Waals surface area contributed by atoms with Crippen LogP contribution in [0.5, 0.6) is 0 Å². The van der Waals surface area contributed by atoms with E-state index in [-0.39, 0.29) is 17.4 Å². The Balaban J connectivity index is 2.44. The molecule has 0 bridgehead atoms. The van der Waals surface area contributed by atoms with Crippen LogP contribution in [-0.2, 0) is 4.74 Å². The van der Waals surface area contributed by atoms with Gasteiger partial charge in [-0.15, -0.1) is 0 Å². The smallest absolute Gasteiger partial charge is 0.249 e. The van der Waals surface area contributed by atoms with Gasteiger partial charge in [0.1, 0.15) is 0 Å². The maximum Gasteiger partial charge on any atom is 0.249 e. The van der Waals surface area contributed by atoms with Crippen LogP contribution in [0.15, 0.2) is 70.9 Å². The van der Waals surface area contributed by atoms with Gasteiger partial charge in [-0.3, -0.25) is 0 Å². The molecule has 0 spiro atoms. The zero-order valence-corrected chi connectivity index (χ0v) is 37.8. The molecule has 2 nitrogen and oxygen atoms in total. The number of aliphatic hydroxyl groups is 1. The monoisotopic (exact) mass is 753 g/mol. The Bertz CT molecular complexity index is 1250. The number of hydrogen-bond acceptors (Lipinski definition) is 2. The molecule has 2 aliphatic carbocycles. The Kier molecular flexibility index (Phi) is 20.8. The average Bonchev–Trinajstić information content (AvgIpc) is 3.07. The highest BCUT2D eigenvalue weighted by Crippen LogP contribution is 2.47. The topological polar surface area (TPSA) is 29.5 Å². The van der Waals surface area contributed by atoms with Crippen LogP contribution in [0, 0.1) is 52.8 Å². The molecule has 0 aromatic carbocycles. The van der Waals surface area contributed by atoms with Crippen molar-refractivity contribution >= 4 is 11.6 Å². The van der Waals surface area contributed by atoms with E-state index < -0.39 is 5.25 Å². The number of halogens is 1. The highest BCUT2D eigenvalue weighted by Gasteiger charge is 2.45. The SMILES string of the molecule is C=C(C=C(CCC1C=CCC(C)C1=CC(CC(C)CC)C(C)C)C(CC)OC(O)(Cl)C(CCC(CC)C(CCC)=C(C)C=CC)C1CCC1)C(C)(C)C. The van der Waals surface area contributed by atoms with Gasteiger partial charge in [0.25, 0.3) is 0 Å². The molecule has 1 saturated carbocycles. The quantitative estimate of drug-likeness (QED) is 0.0487. The van der Waals surface area contributed by atoms with Crippen LogP contribution in [0.1, 0.15) is 180 Å². The molecule has 0 aromatic heterocycles. The standard InChI is InChI=1S/C50H85ClO2/c1-15-22-37(9)45(23-16-2)40(18-4)30-31-47(42-26-21-27-42)50(51,52)53-48(19-5)43(33-39(11)49(12,13)14)29-28-41-25-20-24-38(10)46(41)34-44(35(6)7)32-36(8)17-3/h15,20,22,25,33-36,38,40-42,44,47-48,52H,11,16-19,21,23-24,26-32H2,1-10,12-14H3. The molecule has 0 amide bonds. The van der Waals surface area contributed by atoms with Gasteiger partial charge in [-0.25, -0.2) is 0 Å². The molecule has 0 saturated heterocycles. The minimum absolute atomic E-state index is 0.0655. The first kappa shape index (κ1) is 47.8. The average molecular weight is 754 g/mol. The van der Waals surface area contributed by atoms with Gasteiger partial charge in [0.05, 0.1) is 6.10 Å². The lowest BCUT2D eigenvalue weighted by molar-refractivity contribution is -0.211. The normalized spacial score (nSPS) is 24.2. The first-order valence-electron chi connectivity index (χ1n) is 22.1. The number of allylic oxidation sites excluding steroid dienone is 10. The Morgan fingerprint density at radius 3 is 2.23 bits per heavy atom. The molecule has 304 valence electrons. The molecule has 0 radical (unpaired) electrons. The van der Waals surface area contributed by atoms with Gasteiger partial charge in [-0.05, 0) is 142 Å². The van der Waals surface area contributed by atoms with Gasteiger partial charge >= 0.3 is 0 Å². The van der Waals surface area contributed by atoms with Gasteiger partial charge in [-0.2, -0.15) is 0 Å². The minimum atomic E-state index is -1.72. The summed E-state index contributed by atoms with van der Waals surface area (Å²) in [5.74, 6) is 3.69. The summed E-state index contributed by atoms with van der Waals surface area (Å²) in [6.45, 7) is 34.3. The van der Waals surface area contributed by atoms with E-state index in [9.17, 15) is 5.11 Å². The summed E-state index contributed by atoms with van der Waals surface area (Å²) in [4.78, 5) is 0. The van der Waals surface area contributed by atoms with Gasteiger partial charge < -0.3 is 9.84 Å². The van der Waals surface area contributed by atoms with Crippen LogP contribution in [-0.4, -0.2) is 16.5 Å². The summed E-state index contributed by atoms with van der Waals surface area (Å²) in [6, 6.07) is 0. The van der Waals surface area contributed by atoms with Crippen molar-refractivity contribution in [1.82, 2.24) is 0 Å². The Morgan fingerprint density at radius 1 is 1.04 bits per heavy atom. The predicted molar refractivity (Wildman–Crippen MR) is 235 cm³/mol. The third kappa shape index (κ3) is 14.9. The molecule has 2 rings (SSSR count). The van der Waals surface area contributed by atoms with E-state index in [0.717, 1.165) is 82.1 Å². The van der Waals surface area contributed by atoms with Crippen molar-refractivity contribution < 1.29 is 9.84 Å². The summed E-state index contributed by atoms with van der Waals surface area (Å²) >= 11 is 7.31. The Labute approximate surface area is 335 Å². The number of hydrogen-bond donors (Lipinski definition) is 1. The number of alkyl halides is 1. The van der Waals surface area contributed by atoms with E-state index in [1.54, 1.807) is 11.1 Å². The maximum atomic E-state index is 12.3. The lowest BCUT2D eigenvalue weighted by Crippen LogP contribution is -2.44. The summed E-state index contributed by atoms with van der Waals surface area (Å²) in [5, 5.41) is 10.5. The number of ether oxygens (including phenoxy) is 1. The van der Waals surface area contributed by atoms with Gasteiger partial charge in [-0.1, -0.05) is 167 Å². The van der Waals surface area contributed by atoms with Crippen LogP contribution >= 0.6 is 11.6 Å². The Hall–Kier alpha value is -1.35. The van der Waals surface area contributed by atoms with Gasteiger partial charge in [0.2, 0.25) is 5.25 Å². The van der Waals surface area contributed by atoms with Crippen LogP contribution in [0.2, 0.25) is 0 Å². The first-order chi connectivity index (χ1) is 24.9. The molecule has 1 fully saturated rings. The second-order valence-electron chi connectivity index (χ2n) is 18.6. The van der Waals surface area contributed by atoms with E-state index in [1.165, 1.54) is 30.4 Å². The van der Waals surface area contributed by atoms with Crippen molar-refractivity contribution in [3.05, 3.63) is 70.9 Å². The highest BCUT2D eigenvalue weighted by atomic mass is 35.5. The van der Waals surface area contributed by atoms with E-state index in [4.69, 9.17) is 16.3 Å². The van der Waals surface area contributed by atoms with Crippen molar-refractivity contribution in [2.45, 2.75) is 191 Å². The first-order valence-corrected chi connectivity index (χ1v) is 22.5. The van der Waals surface area contributed by atoms with Gasteiger partial charge in [0, 0.05) is 5.92 Å². The Morgan fingerprint density at radius 2 is 1.72 bits per heavy atom. The molecular weight excluding hydrogens is 668 g/mol. The molecule has 1 N–H and O–H groups in total. The largest absolute Gasteiger partial charge is 0.353 e. The minimum Gasteiger partial charge on any atom is -0.353 e. The lowest BCUT2D eigenvalue weighted by Gasteiger charge is -2.43. The van der Waals surface area contributed by atoms with Crippen LogP contribution < -0.4 is 0 Å². The van der Waals surface area contributed by atoms with E-state index >= 15 is 0 Å². The van der Waals surface area contributed by atoms with Crippen molar-refractivity contribution in [2.24, 2.45) is 52.8 Å². The molecule has 3 heteroatoms. The summed E-state index contributed by atoms with van der Waals surface area (Å²) < 4.78 is 6.84. The van der Waals surface area contributed by atoms with Crippen molar-refractivity contribution in [3.63, 3.8) is 0 Å². The third-order valence-electron chi connectivity index (χ3n) is 13.1. The fraction of sp³-hybridized carbons (Fsp3) is 0.760. The molecule has 53 heavy (non-hydrogen) atoms. The van der Waals surface area contributed by atoms with E-state index in [1.807, 2.05) is 0 Å². The molecule has 8 unspecified atom stereocenters. The van der Waals surface area contributed by atoms with Crippen LogP contribution in [0.3, 0.4) is 0 Å². The van der Waals surface area contributed by atoms with E-state index in [0.29, 0.717) is 35.5 Å². The zero-order chi connectivity index (χ0) is 39.9. The highest BCUT2D eigenvalue weighted by molar-refractivity contribution is 6.21. The molecule has 0 aromatic rings.